The first kappa shape index (κ1) is 16.7. The van der Waals surface area contributed by atoms with Crippen molar-refractivity contribution in [1.29, 1.82) is 0 Å². The van der Waals surface area contributed by atoms with Crippen LogP contribution in [0.2, 0.25) is 32.2 Å². The quantitative estimate of drug-likeness (QED) is 0.481. The zero-order valence-electron chi connectivity index (χ0n) is 13.1. The maximum absolute atomic E-state index is 11.4. The molecule has 0 spiro atoms. The molecule has 1 atom stereocenters. The molecule has 3 nitrogen and oxygen atoms in total. The molecule has 0 saturated carbocycles. The van der Waals surface area contributed by atoms with Crippen molar-refractivity contribution in [3.8, 4) is 0 Å². The lowest BCUT2D eigenvalue weighted by Crippen LogP contribution is -2.61. The van der Waals surface area contributed by atoms with Crippen molar-refractivity contribution < 1.29 is 9.22 Å². The summed E-state index contributed by atoms with van der Waals surface area (Å²) in [7, 11) is -2.55. The van der Waals surface area contributed by atoms with Gasteiger partial charge in [-0.05, 0) is 39.3 Å². The van der Waals surface area contributed by atoms with Gasteiger partial charge in [0.05, 0.1) is 7.59 Å². The third-order valence-corrected chi connectivity index (χ3v) is 21.2. The van der Waals surface area contributed by atoms with E-state index in [2.05, 4.69) is 38.1 Å². The Bertz CT molecular complexity index is 353. The third-order valence-electron chi connectivity index (χ3n) is 4.56. The van der Waals surface area contributed by atoms with E-state index >= 15 is 0 Å². The van der Waals surface area contributed by atoms with Gasteiger partial charge in [-0.2, -0.15) is 0 Å². The van der Waals surface area contributed by atoms with Crippen molar-refractivity contribution in [1.82, 2.24) is 5.32 Å². The van der Waals surface area contributed by atoms with Crippen LogP contribution in [0.3, 0.4) is 0 Å². The summed E-state index contributed by atoms with van der Waals surface area (Å²) in [5.74, 6) is -0.0344. The maximum atomic E-state index is 11.4. The third kappa shape index (κ3) is 4.58. The number of amides is 1. The topological polar surface area (TPSA) is 38.3 Å². The zero-order valence-corrected chi connectivity index (χ0v) is 15.1. The first-order valence-corrected chi connectivity index (χ1v) is 14.4. The van der Waals surface area contributed by atoms with E-state index in [4.69, 9.17) is 4.43 Å². The lowest BCUT2D eigenvalue weighted by Gasteiger charge is -2.45. The predicted molar refractivity (Wildman–Crippen MR) is 86.3 cm³/mol. The highest BCUT2D eigenvalue weighted by atomic mass is 29.3. The summed E-state index contributed by atoms with van der Waals surface area (Å²) in [6.45, 7) is 15.8. The molecule has 5 heteroatoms. The van der Waals surface area contributed by atoms with E-state index in [9.17, 15) is 4.79 Å². The fraction of sp³-hybridized carbons (Fsp3) is 0.786. The summed E-state index contributed by atoms with van der Waals surface area (Å²) >= 11 is 0. The van der Waals surface area contributed by atoms with Gasteiger partial charge in [0.25, 0.3) is 0 Å². The molecule has 1 aliphatic heterocycles. The number of carbonyl (C=O) groups is 1. The van der Waals surface area contributed by atoms with Crippen molar-refractivity contribution in [2.75, 3.05) is 6.54 Å². The van der Waals surface area contributed by atoms with Gasteiger partial charge in [0.2, 0.25) is 5.91 Å². The lowest BCUT2D eigenvalue weighted by molar-refractivity contribution is -0.117. The summed E-state index contributed by atoms with van der Waals surface area (Å²) in [6, 6.07) is 1.40. The van der Waals surface area contributed by atoms with Gasteiger partial charge in [-0.1, -0.05) is 25.7 Å². The number of hydrogen-bond acceptors (Lipinski definition) is 2. The van der Waals surface area contributed by atoms with Crippen molar-refractivity contribution in [3.63, 3.8) is 0 Å². The first-order chi connectivity index (χ1) is 8.66. The Hall–Kier alpha value is -0.396. The molecule has 1 amide bonds. The van der Waals surface area contributed by atoms with Crippen molar-refractivity contribution in [2.45, 2.75) is 64.5 Å². The van der Waals surface area contributed by atoms with Gasteiger partial charge in [0.15, 0.2) is 7.83 Å². The molecule has 0 aromatic rings. The molecule has 1 rings (SSSR count). The van der Waals surface area contributed by atoms with Gasteiger partial charge in [0.1, 0.15) is 0 Å². The van der Waals surface area contributed by atoms with E-state index < -0.39 is 15.4 Å². The highest BCUT2D eigenvalue weighted by Gasteiger charge is 2.47. The summed E-state index contributed by atoms with van der Waals surface area (Å²) in [5, 5.41) is 2.88. The second-order valence-corrected chi connectivity index (χ2v) is 22.0. The Kier molecular flexibility index (Phi) is 5.58. The maximum Gasteiger partial charge on any atom is 0.246 e. The van der Waals surface area contributed by atoms with Crippen LogP contribution in [0.4, 0.5) is 0 Å². The Morgan fingerprint density at radius 1 is 1.37 bits per heavy atom. The number of rotatable bonds is 5. The molecular formula is C14H29NO2Si2. The van der Waals surface area contributed by atoms with Gasteiger partial charge in [-0.15, -0.1) is 0 Å². The molecule has 0 aromatic carbocycles. The predicted octanol–water partition coefficient (Wildman–Crippen LogP) is 3.24. The fourth-order valence-corrected chi connectivity index (χ4v) is 9.07. The Morgan fingerprint density at radius 3 is 2.53 bits per heavy atom. The van der Waals surface area contributed by atoms with Crippen molar-refractivity contribution >= 4 is 21.3 Å². The average molecular weight is 300 g/mol. The highest BCUT2D eigenvalue weighted by Crippen LogP contribution is 2.34. The SMILES string of the molecule is C=C(C)C(=O)NCCCC1CC[Si](C)(C)[Si](C)(C)O1. The van der Waals surface area contributed by atoms with E-state index in [1.54, 1.807) is 6.92 Å². The van der Waals surface area contributed by atoms with Gasteiger partial charge in [-0.3, -0.25) is 4.79 Å². The molecule has 1 N–H and O–H groups in total. The van der Waals surface area contributed by atoms with Gasteiger partial charge in [-0.25, -0.2) is 0 Å². The normalized spacial score (nSPS) is 24.8. The van der Waals surface area contributed by atoms with Crippen molar-refractivity contribution in [2.24, 2.45) is 0 Å². The average Bonchev–Trinajstić information content (AvgIpc) is 2.28. The van der Waals surface area contributed by atoms with Crippen LogP contribution in [0.5, 0.6) is 0 Å². The highest BCUT2D eigenvalue weighted by molar-refractivity contribution is 7.38. The molecule has 1 fully saturated rings. The van der Waals surface area contributed by atoms with Crippen LogP contribution in [0, 0.1) is 0 Å². The molecule has 0 aromatic heterocycles. The van der Waals surface area contributed by atoms with Crippen LogP contribution in [-0.2, 0) is 9.22 Å². The van der Waals surface area contributed by atoms with E-state index in [0.717, 1.165) is 19.4 Å². The van der Waals surface area contributed by atoms with Crippen LogP contribution in [0.25, 0.3) is 0 Å². The van der Waals surface area contributed by atoms with E-state index in [0.29, 0.717) is 11.7 Å². The van der Waals surface area contributed by atoms with E-state index in [1.807, 2.05) is 0 Å². The molecule has 1 unspecified atom stereocenters. The van der Waals surface area contributed by atoms with Gasteiger partial charge < -0.3 is 9.74 Å². The monoisotopic (exact) mass is 299 g/mol. The number of hydrogen-bond donors (Lipinski definition) is 1. The minimum absolute atomic E-state index is 0.0344. The largest absolute Gasteiger partial charge is 0.417 e. The molecule has 1 aliphatic rings. The first-order valence-electron chi connectivity index (χ1n) is 7.27. The molecule has 110 valence electrons. The number of carbonyl (C=O) groups excluding carboxylic acids is 1. The summed E-state index contributed by atoms with van der Waals surface area (Å²) in [6.07, 6.45) is 3.70. The minimum atomic E-state index is -1.44. The van der Waals surface area contributed by atoms with E-state index in [-0.39, 0.29) is 5.91 Å². The Morgan fingerprint density at radius 2 is 2.00 bits per heavy atom. The summed E-state index contributed by atoms with van der Waals surface area (Å²) in [4.78, 5) is 11.4. The standard InChI is InChI=1S/C14H29NO2Si2/c1-12(2)14(16)15-10-7-8-13-9-11-18(3,4)19(5,6)17-13/h13H,1,7-11H2,2-6H3,(H,15,16). The smallest absolute Gasteiger partial charge is 0.246 e. The van der Waals surface area contributed by atoms with Crippen molar-refractivity contribution in [3.05, 3.63) is 12.2 Å². The van der Waals surface area contributed by atoms with Gasteiger partial charge >= 0.3 is 0 Å². The molecule has 1 saturated heterocycles. The van der Waals surface area contributed by atoms with E-state index in [1.165, 1.54) is 12.5 Å². The minimum Gasteiger partial charge on any atom is -0.417 e. The second-order valence-electron chi connectivity index (χ2n) is 6.85. The molecule has 19 heavy (non-hydrogen) atoms. The van der Waals surface area contributed by atoms with Gasteiger partial charge in [0, 0.05) is 18.2 Å². The molecule has 0 radical (unpaired) electrons. The zero-order chi connectivity index (χ0) is 14.7. The molecular weight excluding hydrogens is 270 g/mol. The van der Waals surface area contributed by atoms with Crippen LogP contribution < -0.4 is 5.32 Å². The fourth-order valence-electron chi connectivity index (χ4n) is 2.34. The molecule has 0 aliphatic carbocycles. The van der Waals surface area contributed by atoms with Crippen LogP contribution >= 0.6 is 0 Å². The Labute approximate surface area is 119 Å². The van der Waals surface area contributed by atoms with Crippen LogP contribution in [0.15, 0.2) is 12.2 Å². The number of nitrogens with one attached hydrogen (secondary N) is 1. The summed E-state index contributed by atoms with van der Waals surface area (Å²) in [5.41, 5.74) is 0.579. The second kappa shape index (κ2) is 6.37. The molecule has 0 bridgehead atoms. The Balaban J connectivity index is 2.29. The summed E-state index contributed by atoms with van der Waals surface area (Å²) < 4.78 is 6.41. The lowest BCUT2D eigenvalue weighted by atomic mass is 10.1. The van der Waals surface area contributed by atoms with Crippen LogP contribution in [0.1, 0.15) is 26.2 Å². The van der Waals surface area contributed by atoms with Crippen LogP contribution in [-0.4, -0.2) is 34.0 Å². The molecule has 1 heterocycles.